The summed E-state index contributed by atoms with van der Waals surface area (Å²) >= 11 is 0. The monoisotopic (exact) mass is 236 g/mol. The lowest BCUT2D eigenvalue weighted by atomic mass is 10.0. The van der Waals surface area contributed by atoms with Crippen LogP contribution in [0.3, 0.4) is 0 Å². The van der Waals surface area contributed by atoms with Crippen LogP contribution in [0.1, 0.15) is 31.2 Å². The summed E-state index contributed by atoms with van der Waals surface area (Å²) in [6, 6.07) is 3.43. The average molecular weight is 236 g/mol. The zero-order chi connectivity index (χ0) is 12.3. The summed E-state index contributed by atoms with van der Waals surface area (Å²) in [6.07, 6.45) is 5.10. The Hall–Kier alpha value is -1.51. The third-order valence-corrected chi connectivity index (χ3v) is 2.96. The Bertz CT molecular complexity index is 463. The van der Waals surface area contributed by atoms with Crippen molar-refractivity contribution in [3.8, 4) is 0 Å². The van der Waals surface area contributed by atoms with Gasteiger partial charge in [0.1, 0.15) is 11.6 Å². The van der Waals surface area contributed by atoms with Crippen LogP contribution in [-0.4, -0.2) is 5.78 Å². The highest BCUT2D eigenvalue weighted by atomic mass is 19.1. The molecule has 0 radical (unpaired) electrons. The number of carbonyl (C=O) groups is 1. The highest BCUT2D eigenvalue weighted by molar-refractivity contribution is 5.90. The average Bonchev–Trinajstić information content (AvgIpc) is 2.48. The van der Waals surface area contributed by atoms with Gasteiger partial charge in [-0.15, -0.1) is 0 Å². The van der Waals surface area contributed by atoms with Crippen molar-refractivity contribution in [2.24, 2.45) is 0 Å². The van der Waals surface area contributed by atoms with E-state index in [9.17, 15) is 13.6 Å². The second-order valence-corrected chi connectivity index (χ2v) is 4.39. The molecule has 3 heteroatoms. The number of ketones is 1. The Morgan fingerprint density at radius 1 is 1.12 bits per heavy atom. The Morgan fingerprint density at radius 2 is 1.88 bits per heavy atom. The molecule has 0 saturated carbocycles. The molecular formula is C14H14F2O. The van der Waals surface area contributed by atoms with Gasteiger partial charge in [0.05, 0.1) is 0 Å². The standard InChI is InChI=1S/C14H14F2O/c15-12-5-6-14(16)11(9-12)7-10-3-1-2-4-13(17)8-10/h5-6,8-9H,1-4,7H2. The van der Waals surface area contributed by atoms with E-state index < -0.39 is 11.6 Å². The van der Waals surface area contributed by atoms with E-state index in [1.165, 1.54) is 6.07 Å². The zero-order valence-electron chi connectivity index (χ0n) is 9.51. The van der Waals surface area contributed by atoms with E-state index in [-0.39, 0.29) is 5.78 Å². The van der Waals surface area contributed by atoms with E-state index in [1.807, 2.05) is 0 Å². The Morgan fingerprint density at radius 3 is 2.71 bits per heavy atom. The van der Waals surface area contributed by atoms with Crippen LogP contribution in [0, 0.1) is 11.6 Å². The van der Waals surface area contributed by atoms with E-state index >= 15 is 0 Å². The fourth-order valence-corrected chi connectivity index (χ4v) is 2.09. The van der Waals surface area contributed by atoms with Crippen molar-refractivity contribution in [3.63, 3.8) is 0 Å². The van der Waals surface area contributed by atoms with Crippen LogP contribution in [0.25, 0.3) is 0 Å². The maximum absolute atomic E-state index is 13.4. The van der Waals surface area contributed by atoms with Gasteiger partial charge in [0.2, 0.25) is 0 Å². The van der Waals surface area contributed by atoms with Crippen LogP contribution in [0.2, 0.25) is 0 Å². The molecule has 2 rings (SSSR count). The van der Waals surface area contributed by atoms with Gasteiger partial charge >= 0.3 is 0 Å². The molecule has 0 amide bonds. The minimum atomic E-state index is -0.443. The van der Waals surface area contributed by atoms with Crippen molar-refractivity contribution in [2.75, 3.05) is 0 Å². The minimum Gasteiger partial charge on any atom is -0.295 e. The number of allylic oxidation sites excluding steroid dienone is 2. The second-order valence-electron chi connectivity index (χ2n) is 4.39. The Balaban J connectivity index is 2.19. The van der Waals surface area contributed by atoms with Gasteiger partial charge in [0.15, 0.2) is 5.78 Å². The maximum Gasteiger partial charge on any atom is 0.155 e. The molecule has 0 fully saturated rings. The van der Waals surface area contributed by atoms with Gasteiger partial charge in [-0.1, -0.05) is 5.57 Å². The number of rotatable bonds is 2. The van der Waals surface area contributed by atoms with E-state index in [1.54, 1.807) is 6.08 Å². The van der Waals surface area contributed by atoms with Gasteiger partial charge in [-0.2, -0.15) is 0 Å². The lowest BCUT2D eigenvalue weighted by molar-refractivity contribution is -0.114. The highest BCUT2D eigenvalue weighted by Crippen LogP contribution is 2.21. The second kappa shape index (κ2) is 5.21. The van der Waals surface area contributed by atoms with Crippen LogP contribution in [0.15, 0.2) is 29.8 Å². The molecule has 1 nitrogen and oxygen atoms in total. The molecule has 0 atom stereocenters. The number of halogens is 2. The van der Waals surface area contributed by atoms with Crippen molar-refractivity contribution < 1.29 is 13.6 Å². The van der Waals surface area contributed by atoms with Gasteiger partial charge < -0.3 is 0 Å². The van der Waals surface area contributed by atoms with Crippen LogP contribution in [-0.2, 0) is 11.2 Å². The van der Waals surface area contributed by atoms with Crippen LogP contribution in [0.4, 0.5) is 8.78 Å². The molecule has 0 spiro atoms. The number of benzene rings is 1. The van der Waals surface area contributed by atoms with Gasteiger partial charge in [0.25, 0.3) is 0 Å². The highest BCUT2D eigenvalue weighted by Gasteiger charge is 2.11. The molecule has 0 heterocycles. The van der Waals surface area contributed by atoms with Crippen LogP contribution >= 0.6 is 0 Å². The van der Waals surface area contributed by atoms with Gasteiger partial charge in [-0.05, 0) is 55.5 Å². The maximum atomic E-state index is 13.4. The van der Waals surface area contributed by atoms with Crippen molar-refractivity contribution in [3.05, 3.63) is 47.0 Å². The molecule has 1 aliphatic rings. The summed E-state index contributed by atoms with van der Waals surface area (Å²) in [5, 5.41) is 0. The van der Waals surface area contributed by atoms with Crippen molar-refractivity contribution in [2.45, 2.75) is 32.1 Å². The molecule has 1 aromatic carbocycles. The number of hydrogen-bond acceptors (Lipinski definition) is 1. The fourth-order valence-electron chi connectivity index (χ4n) is 2.09. The number of carbonyl (C=O) groups excluding carboxylic acids is 1. The smallest absolute Gasteiger partial charge is 0.155 e. The van der Waals surface area contributed by atoms with E-state index in [4.69, 9.17) is 0 Å². The van der Waals surface area contributed by atoms with Crippen molar-refractivity contribution in [1.29, 1.82) is 0 Å². The lowest BCUT2D eigenvalue weighted by Crippen LogP contribution is -1.97. The van der Waals surface area contributed by atoms with Crippen LogP contribution < -0.4 is 0 Å². The largest absolute Gasteiger partial charge is 0.295 e. The first-order chi connectivity index (χ1) is 8.15. The normalized spacial score (nSPS) is 16.6. The number of hydrogen-bond donors (Lipinski definition) is 0. The van der Waals surface area contributed by atoms with Gasteiger partial charge in [0, 0.05) is 6.42 Å². The quantitative estimate of drug-likeness (QED) is 0.767. The molecule has 0 saturated heterocycles. The van der Waals surface area contributed by atoms with Crippen molar-refractivity contribution >= 4 is 5.78 Å². The van der Waals surface area contributed by atoms with E-state index in [0.29, 0.717) is 18.4 Å². The molecule has 0 aliphatic heterocycles. The summed E-state index contributed by atoms with van der Waals surface area (Å²) in [5.74, 6) is -0.764. The predicted molar refractivity (Wildman–Crippen MR) is 61.6 cm³/mol. The van der Waals surface area contributed by atoms with E-state index in [2.05, 4.69) is 0 Å². The fraction of sp³-hybridized carbons (Fsp3) is 0.357. The Labute approximate surface area is 99.1 Å². The molecule has 90 valence electrons. The SMILES string of the molecule is O=C1C=C(Cc2cc(F)ccc2F)CCCC1. The topological polar surface area (TPSA) is 17.1 Å². The summed E-state index contributed by atoms with van der Waals surface area (Å²) in [5.41, 5.74) is 1.22. The third-order valence-electron chi connectivity index (χ3n) is 2.96. The molecule has 0 unspecified atom stereocenters. The minimum absolute atomic E-state index is 0.0920. The molecular weight excluding hydrogens is 222 g/mol. The summed E-state index contributed by atoms with van der Waals surface area (Å²) in [7, 11) is 0. The lowest BCUT2D eigenvalue weighted by Gasteiger charge is -2.06. The van der Waals surface area contributed by atoms with Gasteiger partial charge in [-0.3, -0.25) is 4.79 Å². The summed E-state index contributed by atoms with van der Waals surface area (Å²) in [6.45, 7) is 0. The zero-order valence-corrected chi connectivity index (χ0v) is 9.51. The van der Waals surface area contributed by atoms with E-state index in [0.717, 1.165) is 37.0 Å². The molecule has 0 aromatic heterocycles. The van der Waals surface area contributed by atoms with Crippen LogP contribution in [0.5, 0.6) is 0 Å². The first kappa shape index (κ1) is 12.0. The molecule has 1 aromatic rings. The van der Waals surface area contributed by atoms with Crippen molar-refractivity contribution in [1.82, 2.24) is 0 Å². The molecule has 17 heavy (non-hydrogen) atoms. The first-order valence-electron chi connectivity index (χ1n) is 5.81. The third kappa shape index (κ3) is 3.22. The molecule has 0 bridgehead atoms. The first-order valence-corrected chi connectivity index (χ1v) is 5.81. The van der Waals surface area contributed by atoms with Gasteiger partial charge in [-0.25, -0.2) is 8.78 Å². The predicted octanol–water partition coefficient (Wildman–Crippen LogP) is 3.58. The summed E-state index contributed by atoms with van der Waals surface area (Å²) in [4.78, 5) is 11.4. The molecule has 1 aliphatic carbocycles. The Kier molecular flexibility index (Phi) is 3.67. The summed E-state index contributed by atoms with van der Waals surface area (Å²) < 4.78 is 26.4. The molecule has 0 N–H and O–H groups in total.